The molecule has 0 fully saturated rings. The molecular weight excluding hydrogens is 274 g/mol. The summed E-state index contributed by atoms with van der Waals surface area (Å²) in [6.45, 7) is 5.60. The lowest BCUT2D eigenvalue weighted by Gasteiger charge is -2.03. The molecule has 1 N–H and O–H groups in total. The van der Waals surface area contributed by atoms with Gasteiger partial charge in [0, 0.05) is 12.2 Å². The molecule has 0 saturated carbocycles. The Hall–Kier alpha value is -1.48. The van der Waals surface area contributed by atoms with Gasteiger partial charge in [0.15, 0.2) is 0 Å². The molecule has 0 aromatic carbocycles. The van der Waals surface area contributed by atoms with Gasteiger partial charge in [-0.3, -0.25) is 9.40 Å². The molecule has 2 heterocycles. The topological polar surface area (TPSA) is 89.8 Å². The molecule has 0 aliphatic heterocycles. The van der Waals surface area contributed by atoms with Crippen LogP contribution < -0.4 is 4.72 Å². The largest absolute Gasteiger partial charge is 0.269 e. The fourth-order valence-corrected chi connectivity index (χ4v) is 3.01. The molecule has 7 nitrogen and oxygen atoms in total. The second-order valence-electron chi connectivity index (χ2n) is 3.98. The summed E-state index contributed by atoms with van der Waals surface area (Å²) in [5, 5.41) is 12.4. The van der Waals surface area contributed by atoms with E-state index in [1.165, 1.54) is 23.7 Å². The molecule has 2 rings (SSSR count). The van der Waals surface area contributed by atoms with Crippen LogP contribution in [-0.4, -0.2) is 28.4 Å². The van der Waals surface area contributed by atoms with Crippen molar-refractivity contribution in [2.24, 2.45) is 0 Å². The van der Waals surface area contributed by atoms with Crippen molar-refractivity contribution in [2.75, 3.05) is 4.72 Å². The molecule has 0 atom stereocenters. The van der Waals surface area contributed by atoms with Crippen molar-refractivity contribution in [2.45, 2.75) is 31.7 Å². The first-order chi connectivity index (χ1) is 8.38. The number of sulfonamides is 1. The molecular formula is C9H13N5O2S2. The molecule has 0 unspecified atom stereocenters. The SMILES string of the molecule is Cc1nnc(NS(=O)(=O)c2cnn(C(C)C)c2)s1. The van der Waals surface area contributed by atoms with Crippen LogP contribution in [0.15, 0.2) is 17.3 Å². The summed E-state index contributed by atoms with van der Waals surface area (Å²) in [5.41, 5.74) is 0. The number of nitrogens with zero attached hydrogens (tertiary/aromatic N) is 4. The number of anilines is 1. The lowest BCUT2D eigenvalue weighted by molar-refractivity contribution is 0.531. The van der Waals surface area contributed by atoms with Crippen LogP contribution in [-0.2, 0) is 10.0 Å². The minimum absolute atomic E-state index is 0.109. The van der Waals surface area contributed by atoms with Crippen LogP contribution in [0.4, 0.5) is 5.13 Å². The molecule has 18 heavy (non-hydrogen) atoms. The zero-order valence-corrected chi connectivity index (χ0v) is 11.8. The average Bonchev–Trinajstić information content (AvgIpc) is 2.86. The number of hydrogen-bond donors (Lipinski definition) is 1. The first kappa shape index (κ1) is 13.0. The maximum atomic E-state index is 12.0. The van der Waals surface area contributed by atoms with E-state index in [0.717, 1.165) is 0 Å². The highest BCUT2D eigenvalue weighted by Gasteiger charge is 2.19. The Morgan fingerprint density at radius 2 is 2.11 bits per heavy atom. The quantitative estimate of drug-likeness (QED) is 0.918. The Kier molecular flexibility index (Phi) is 3.35. The van der Waals surface area contributed by atoms with E-state index in [0.29, 0.717) is 5.01 Å². The minimum atomic E-state index is -3.64. The van der Waals surface area contributed by atoms with E-state index in [4.69, 9.17) is 0 Å². The van der Waals surface area contributed by atoms with Crippen LogP contribution in [0.5, 0.6) is 0 Å². The van der Waals surface area contributed by atoms with Crippen LogP contribution in [0, 0.1) is 6.92 Å². The van der Waals surface area contributed by atoms with Crippen LogP contribution in [0.3, 0.4) is 0 Å². The Bertz CT molecular complexity index is 643. The maximum absolute atomic E-state index is 12.0. The minimum Gasteiger partial charge on any atom is -0.269 e. The molecule has 2 aromatic rings. The average molecular weight is 287 g/mol. The van der Waals surface area contributed by atoms with E-state index in [2.05, 4.69) is 20.0 Å². The van der Waals surface area contributed by atoms with Gasteiger partial charge in [-0.25, -0.2) is 8.42 Å². The van der Waals surface area contributed by atoms with Gasteiger partial charge in [-0.05, 0) is 20.8 Å². The summed E-state index contributed by atoms with van der Waals surface area (Å²) in [6.07, 6.45) is 2.80. The number of aryl methyl sites for hydroxylation is 1. The summed E-state index contributed by atoms with van der Waals surface area (Å²) in [6, 6.07) is 0.109. The lowest BCUT2D eigenvalue weighted by atomic mass is 10.4. The number of aromatic nitrogens is 4. The molecule has 98 valence electrons. The second-order valence-corrected chi connectivity index (χ2v) is 6.85. The van der Waals surface area contributed by atoms with Gasteiger partial charge >= 0.3 is 0 Å². The maximum Gasteiger partial charge on any atom is 0.266 e. The van der Waals surface area contributed by atoms with Crippen molar-refractivity contribution in [1.29, 1.82) is 0 Å². The van der Waals surface area contributed by atoms with Crippen LogP contribution in [0.1, 0.15) is 24.9 Å². The molecule has 0 saturated heterocycles. The van der Waals surface area contributed by atoms with E-state index in [1.807, 2.05) is 13.8 Å². The highest BCUT2D eigenvalue weighted by Crippen LogP contribution is 2.19. The summed E-state index contributed by atoms with van der Waals surface area (Å²) in [5.74, 6) is 0. The van der Waals surface area contributed by atoms with E-state index in [9.17, 15) is 8.42 Å². The standard InChI is InChI=1S/C9H13N5O2S2/c1-6(2)14-5-8(4-10-14)18(15,16)13-9-12-11-7(3)17-9/h4-6H,1-3H3,(H,12,13). The first-order valence-corrected chi connectivity index (χ1v) is 7.55. The molecule has 0 bridgehead atoms. The van der Waals surface area contributed by atoms with Crippen molar-refractivity contribution in [3.8, 4) is 0 Å². The first-order valence-electron chi connectivity index (χ1n) is 5.25. The zero-order valence-electron chi connectivity index (χ0n) is 10.2. The Balaban J connectivity index is 2.25. The van der Waals surface area contributed by atoms with Crippen molar-refractivity contribution in [1.82, 2.24) is 20.0 Å². The van der Waals surface area contributed by atoms with Crippen LogP contribution in [0.25, 0.3) is 0 Å². The van der Waals surface area contributed by atoms with Crippen molar-refractivity contribution in [3.63, 3.8) is 0 Å². The molecule has 9 heteroatoms. The van der Waals surface area contributed by atoms with Gasteiger partial charge in [-0.15, -0.1) is 10.2 Å². The predicted molar refractivity (Wildman–Crippen MR) is 68.1 cm³/mol. The number of nitrogens with one attached hydrogen (secondary N) is 1. The summed E-state index contributed by atoms with van der Waals surface area (Å²) in [7, 11) is -3.64. The lowest BCUT2D eigenvalue weighted by Crippen LogP contribution is -2.12. The van der Waals surface area contributed by atoms with Gasteiger partial charge in [-0.2, -0.15) is 5.10 Å². The van der Waals surface area contributed by atoms with Gasteiger partial charge in [0.2, 0.25) is 5.13 Å². The summed E-state index contributed by atoms with van der Waals surface area (Å²) < 4.78 is 28.0. The van der Waals surface area contributed by atoms with Crippen molar-refractivity contribution >= 4 is 26.5 Å². The Morgan fingerprint density at radius 3 is 2.61 bits per heavy atom. The third-order valence-corrected chi connectivity index (χ3v) is 4.34. The molecule has 0 aliphatic rings. The normalized spacial score (nSPS) is 12.0. The molecule has 0 radical (unpaired) electrons. The number of rotatable bonds is 4. The van der Waals surface area contributed by atoms with Gasteiger partial charge < -0.3 is 0 Å². The molecule has 0 amide bonds. The zero-order chi connectivity index (χ0) is 13.3. The van der Waals surface area contributed by atoms with E-state index in [1.54, 1.807) is 11.6 Å². The fourth-order valence-electron chi connectivity index (χ4n) is 1.25. The number of hydrogen-bond acceptors (Lipinski definition) is 6. The van der Waals surface area contributed by atoms with E-state index >= 15 is 0 Å². The monoisotopic (exact) mass is 287 g/mol. The van der Waals surface area contributed by atoms with Crippen LogP contribution >= 0.6 is 11.3 Å². The van der Waals surface area contributed by atoms with Crippen molar-refractivity contribution in [3.05, 3.63) is 17.4 Å². The van der Waals surface area contributed by atoms with E-state index < -0.39 is 10.0 Å². The Morgan fingerprint density at radius 1 is 1.39 bits per heavy atom. The Labute approximate surface area is 109 Å². The summed E-state index contributed by atoms with van der Waals surface area (Å²) >= 11 is 1.18. The van der Waals surface area contributed by atoms with Gasteiger partial charge in [0.05, 0.1) is 6.20 Å². The highest BCUT2D eigenvalue weighted by atomic mass is 32.2. The third kappa shape index (κ3) is 2.67. The predicted octanol–water partition coefficient (Wildman–Crippen LogP) is 1.42. The molecule has 0 spiro atoms. The van der Waals surface area contributed by atoms with Gasteiger partial charge in [0.25, 0.3) is 10.0 Å². The molecule has 0 aliphatic carbocycles. The summed E-state index contributed by atoms with van der Waals surface area (Å²) in [4.78, 5) is 0.115. The third-order valence-electron chi connectivity index (χ3n) is 2.16. The molecule has 2 aromatic heterocycles. The van der Waals surface area contributed by atoms with Gasteiger partial charge in [0.1, 0.15) is 9.90 Å². The van der Waals surface area contributed by atoms with Crippen LogP contribution in [0.2, 0.25) is 0 Å². The van der Waals surface area contributed by atoms with Gasteiger partial charge in [-0.1, -0.05) is 11.3 Å². The smallest absolute Gasteiger partial charge is 0.266 e. The fraction of sp³-hybridized carbons (Fsp3) is 0.444. The van der Waals surface area contributed by atoms with Crippen molar-refractivity contribution < 1.29 is 8.42 Å². The highest BCUT2D eigenvalue weighted by molar-refractivity contribution is 7.93. The van der Waals surface area contributed by atoms with E-state index in [-0.39, 0.29) is 16.1 Å². The second kappa shape index (κ2) is 4.65.